The fourth-order valence-electron chi connectivity index (χ4n) is 4.39. The normalized spacial score (nSPS) is 24.0. The summed E-state index contributed by atoms with van der Waals surface area (Å²) in [5.74, 6) is 1.01. The second-order valence-corrected chi connectivity index (χ2v) is 7.89. The van der Waals surface area contributed by atoms with E-state index in [1.54, 1.807) is 0 Å². The van der Waals surface area contributed by atoms with Gasteiger partial charge in [-0.25, -0.2) is 5.01 Å². The van der Waals surface area contributed by atoms with Crippen LogP contribution in [0, 0.1) is 0 Å². The van der Waals surface area contributed by atoms with Gasteiger partial charge in [0, 0.05) is 48.5 Å². The fourth-order valence-corrected chi connectivity index (χ4v) is 4.63. The molecule has 1 saturated heterocycles. The van der Waals surface area contributed by atoms with E-state index in [1.807, 2.05) is 18.2 Å². The number of fused-ring (bicyclic) bond motifs is 4. The first-order valence-electron chi connectivity index (χ1n) is 9.24. The van der Waals surface area contributed by atoms with Gasteiger partial charge in [-0.2, -0.15) is 5.10 Å². The molecule has 0 radical (unpaired) electrons. The van der Waals surface area contributed by atoms with Crippen LogP contribution in [0.1, 0.15) is 36.4 Å². The third-order valence-electron chi connectivity index (χ3n) is 5.86. The average molecular weight is 368 g/mol. The van der Waals surface area contributed by atoms with Crippen molar-refractivity contribution in [3.63, 3.8) is 0 Å². The van der Waals surface area contributed by atoms with Crippen molar-refractivity contribution in [2.45, 2.75) is 31.0 Å². The summed E-state index contributed by atoms with van der Waals surface area (Å²) in [6, 6.07) is 16.6. The molecule has 5 rings (SSSR count). The molecule has 5 heteroatoms. The van der Waals surface area contributed by atoms with Gasteiger partial charge in [0.1, 0.15) is 5.75 Å². The number of benzene rings is 2. The van der Waals surface area contributed by atoms with Crippen LogP contribution < -0.4 is 4.74 Å². The number of hydrogen-bond acceptors (Lipinski definition) is 4. The highest BCUT2D eigenvalue weighted by atomic mass is 35.5. The van der Waals surface area contributed by atoms with Gasteiger partial charge in [0.25, 0.3) is 0 Å². The molecule has 0 aliphatic carbocycles. The maximum absolute atomic E-state index is 6.60. The van der Waals surface area contributed by atoms with Crippen LogP contribution in [-0.4, -0.2) is 41.5 Å². The Morgan fingerprint density at radius 1 is 1.08 bits per heavy atom. The van der Waals surface area contributed by atoms with Crippen molar-refractivity contribution >= 4 is 17.3 Å². The molecule has 3 aliphatic rings. The Kier molecular flexibility index (Phi) is 3.73. The number of rotatable bonds is 1. The molecule has 4 nitrogen and oxygen atoms in total. The first-order valence-corrected chi connectivity index (χ1v) is 9.62. The van der Waals surface area contributed by atoms with Gasteiger partial charge in [-0.05, 0) is 19.2 Å². The smallest absolute Gasteiger partial charge is 0.200 e. The first kappa shape index (κ1) is 16.2. The van der Waals surface area contributed by atoms with Crippen LogP contribution in [0.15, 0.2) is 53.6 Å². The van der Waals surface area contributed by atoms with Crippen molar-refractivity contribution in [2.24, 2.45) is 5.10 Å². The second kappa shape index (κ2) is 6.00. The highest BCUT2D eigenvalue weighted by molar-refractivity contribution is 6.34. The number of para-hydroxylation sites is 1. The van der Waals surface area contributed by atoms with Crippen molar-refractivity contribution in [1.82, 2.24) is 9.91 Å². The molecule has 0 bridgehead atoms. The SMILES string of the molecule is CN1CCC2(CC1)Oc1ccccc1[C@@H]1CC(c3ccccc3Cl)=NN12. The molecule has 0 saturated carbocycles. The minimum atomic E-state index is -0.353. The minimum absolute atomic E-state index is 0.217. The molecule has 2 aromatic carbocycles. The Morgan fingerprint density at radius 3 is 2.62 bits per heavy atom. The highest BCUT2D eigenvalue weighted by Gasteiger charge is 2.51. The molecule has 1 fully saturated rings. The molecule has 3 heterocycles. The molecular formula is C21H22ClN3O. The van der Waals surface area contributed by atoms with Gasteiger partial charge in [0.05, 0.1) is 11.8 Å². The fraction of sp³-hybridized carbons (Fsp3) is 0.381. The van der Waals surface area contributed by atoms with E-state index < -0.39 is 0 Å². The Balaban J connectivity index is 1.60. The van der Waals surface area contributed by atoms with Crippen molar-refractivity contribution < 1.29 is 4.74 Å². The molecule has 0 aromatic heterocycles. The van der Waals surface area contributed by atoms with Crippen molar-refractivity contribution in [3.8, 4) is 5.75 Å². The van der Waals surface area contributed by atoms with Crippen molar-refractivity contribution in [2.75, 3.05) is 20.1 Å². The number of nitrogens with zero attached hydrogens (tertiary/aromatic N) is 3. The van der Waals surface area contributed by atoms with E-state index in [1.165, 1.54) is 5.56 Å². The van der Waals surface area contributed by atoms with Gasteiger partial charge in [0.15, 0.2) is 0 Å². The number of hydrazone groups is 1. The molecule has 0 N–H and O–H groups in total. The first-order chi connectivity index (χ1) is 12.7. The average Bonchev–Trinajstić information content (AvgIpc) is 3.11. The van der Waals surface area contributed by atoms with Gasteiger partial charge in [-0.1, -0.05) is 48.0 Å². The van der Waals surface area contributed by atoms with Crippen LogP contribution in [0.4, 0.5) is 0 Å². The van der Waals surface area contributed by atoms with E-state index in [2.05, 4.69) is 47.3 Å². The molecule has 26 heavy (non-hydrogen) atoms. The van der Waals surface area contributed by atoms with E-state index in [9.17, 15) is 0 Å². The van der Waals surface area contributed by atoms with Gasteiger partial charge >= 0.3 is 0 Å². The Labute approximate surface area is 159 Å². The summed E-state index contributed by atoms with van der Waals surface area (Å²) in [5.41, 5.74) is 2.96. The number of ether oxygens (including phenoxy) is 1. The Hall–Kier alpha value is -2.04. The lowest BCUT2D eigenvalue weighted by molar-refractivity contribution is -0.147. The van der Waals surface area contributed by atoms with Gasteiger partial charge in [0.2, 0.25) is 5.72 Å². The summed E-state index contributed by atoms with van der Waals surface area (Å²) in [6.45, 7) is 2.03. The second-order valence-electron chi connectivity index (χ2n) is 7.48. The van der Waals surface area contributed by atoms with Crippen LogP contribution in [0.3, 0.4) is 0 Å². The molecule has 0 unspecified atom stereocenters. The largest absolute Gasteiger partial charge is 0.466 e. The standard InChI is InChI=1S/C21H22ClN3O/c1-24-12-10-21(11-13-24)25-19(16-7-3-5-9-20(16)26-21)14-18(23-25)15-6-2-4-8-17(15)22/h2-9,19H,10-14H2,1H3/t19-/m0/s1. The zero-order valence-electron chi connectivity index (χ0n) is 14.9. The molecular weight excluding hydrogens is 346 g/mol. The number of piperidine rings is 1. The van der Waals surface area contributed by atoms with Crippen LogP contribution in [0.2, 0.25) is 5.02 Å². The van der Waals surface area contributed by atoms with Crippen LogP contribution in [0.5, 0.6) is 5.75 Å². The van der Waals surface area contributed by atoms with Crippen molar-refractivity contribution in [1.29, 1.82) is 0 Å². The van der Waals surface area contributed by atoms with E-state index in [-0.39, 0.29) is 11.8 Å². The monoisotopic (exact) mass is 367 g/mol. The lowest BCUT2D eigenvalue weighted by Crippen LogP contribution is -2.58. The third-order valence-corrected chi connectivity index (χ3v) is 6.19. The van der Waals surface area contributed by atoms with Crippen LogP contribution >= 0.6 is 11.6 Å². The molecule has 0 amide bonds. The molecule has 134 valence electrons. The summed E-state index contributed by atoms with van der Waals surface area (Å²) >= 11 is 6.46. The summed E-state index contributed by atoms with van der Waals surface area (Å²) < 4.78 is 6.60. The Morgan fingerprint density at radius 2 is 1.81 bits per heavy atom. The Bertz CT molecular complexity index is 873. The van der Waals surface area contributed by atoms with E-state index in [0.717, 1.165) is 54.4 Å². The predicted molar refractivity (Wildman–Crippen MR) is 104 cm³/mol. The number of hydrogen-bond donors (Lipinski definition) is 0. The van der Waals surface area contributed by atoms with Gasteiger partial charge in [-0.3, -0.25) is 0 Å². The van der Waals surface area contributed by atoms with Crippen LogP contribution in [-0.2, 0) is 0 Å². The van der Waals surface area contributed by atoms with E-state index in [0.29, 0.717) is 0 Å². The number of halogens is 1. The van der Waals surface area contributed by atoms with Gasteiger partial charge < -0.3 is 9.64 Å². The number of likely N-dealkylation sites (tertiary alicyclic amines) is 1. The lowest BCUT2D eigenvalue weighted by atomic mass is 9.91. The molecule has 3 aliphatic heterocycles. The topological polar surface area (TPSA) is 28.1 Å². The maximum Gasteiger partial charge on any atom is 0.200 e. The van der Waals surface area contributed by atoms with E-state index in [4.69, 9.17) is 21.4 Å². The summed E-state index contributed by atoms with van der Waals surface area (Å²) in [6.07, 6.45) is 2.77. The summed E-state index contributed by atoms with van der Waals surface area (Å²) in [4.78, 5) is 2.36. The zero-order valence-corrected chi connectivity index (χ0v) is 15.6. The minimum Gasteiger partial charge on any atom is -0.466 e. The quantitative estimate of drug-likeness (QED) is 0.752. The summed E-state index contributed by atoms with van der Waals surface area (Å²) in [7, 11) is 2.17. The van der Waals surface area contributed by atoms with Crippen LogP contribution in [0.25, 0.3) is 0 Å². The van der Waals surface area contributed by atoms with E-state index >= 15 is 0 Å². The summed E-state index contributed by atoms with van der Waals surface area (Å²) in [5, 5.41) is 8.06. The van der Waals surface area contributed by atoms with Crippen molar-refractivity contribution in [3.05, 3.63) is 64.7 Å². The highest BCUT2D eigenvalue weighted by Crippen LogP contribution is 2.50. The molecule has 2 aromatic rings. The maximum atomic E-state index is 6.60. The molecule has 1 atom stereocenters. The lowest BCUT2D eigenvalue weighted by Gasteiger charge is -2.50. The zero-order chi connectivity index (χ0) is 17.7. The third kappa shape index (κ3) is 2.43. The van der Waals surface area contributed by atoms with Gasteiger partial charge in [-0.15, -0.1) is 0 Å². The predicted octanol–water partition coefficient (Wildman–Crippen LogP) is 4.31. The molecule has 1 spiro atoms.